The summed E-state index contributed by atoms with van der Waals surface area (Å²) < 4.78 is 7.19. The van der Waals surface area contributed by atoms with E-state index in [9.17, 15) is 4.79 Å². The predicted octanol–water partition coefficient (Wildman–Crippen LogP) is 2.35. The normalized spacial score (nSPS) is 12.1. The van der Waals surface area contributed by atoms with Crippen molar-refractivity contribution in [1.82, 2.24) is 14.9 Å². The van der Waals surface area contributed by atoms with Crippen LogP contribution in [0.1, 0.15) is 33.5 Å². The van der Waals surface area contributed by atoms with Gasteiger partial charge in [-0.1, -0.05) is 12.1 Å². The lowest BCUT2D eigenvalue weighted by Crippen LogP contribution is -2.42. The first-order chi connectivity index (χ1) is 9.81. The molecule has 0 unspecified atom stereocenters. The number of rotatable bonds is 5. The van der Waals surface area contributed by atoms with Crippen LogP contribution >= 0.6 is 0 Å². The van der Waals surface area contributed by atoms with Crippen molar-refractivity contribution in [1.29, 1.82) is 0 Å². The van der Waals surface area contributed by atoms with Crippen molar-refractivity contribution in [2.24, 2.45) is 7.05 Å². The van der Waals surface area contributed by atoms with Gasteiger partial charge in [0.25, 0.3) is 0 Å². The fourth-order valence-electron chi connectivity index (χ4n) is 2.38. The lowest BCUT2D eigenvalue weighted by atomic mass is 10.0. The molecule has 1 aromatic carbocycles. The van der Waals surface area contributed by atoms with Crippen LogP contribution in [0.3, 0.4) is 0 Å². The molecule has 0 aliphatic carbocycles. The van der Waals surface area contributed by atoms with E-state index in [0.717, 1.165) is 16.9 Å². The Hall–Kier alpha value is -1.88. The van der Waals surface area contributed by atoms with E-state index in [4.69, 9.17) is 4.74 Å². The van der Waals surface area contributed by atoms with Crippen LogP contribution in [0.25, 0.3) is 11.0 Å². The van der Waals surface area contributed by atoms with Crippen molar-refractivity contribution < 1.29 is 9.53 Å². The Kier molecular flexibility index (Phi) is 4.32. The smallest absolute Gasteiger partial charge is 0.320 e. The molecule has 1 heterocycles. The first-order valence-corrected chi connectivity index (χ1v) is 7.17. The largest absolute Gasteiger partial charge is 0.462 e. The van der Waals surface area contributed by atoms with E-state index < -0.39 is 5.54 Å². The summed E-state index contributed by atoms with van der Waals surface area (Å²) in [5, 5.41) is 3.22. The number of benzene rings is 1. The average Bonchev–Trinajstić information content (AvgIpc) is 2.75. The quantitative estimate of drug-likeness (QED) is 0.858. The second-order valence-electron chi connectivity index (χ2n) is 6.00. The van der Waals surface area contributed by atoms with Crippen LogP contribution in [-0.2, 0) is 22.1 Å². The molecule has 0 spiro atoms. The van der Waals surface area contributed by atoms with Crippen molar-refractivity contribution in [3.63, 3.8) is 0 Å². The van der Waals surface area contributed by atoms with Gasteiger partial charge in [-0.2, -0.15) is 0 Å². The number of aromatic nitrogens is 2. The number of imidazole rings is 1. The van der Waals surface area contributed by atoms with E-state index in [1.54, 1.807) is 0 Å². The van der Waals surface area contributed by atoms with Crippen molar-refractivity contribution in [3.05, 3.63) is 30.1 Å². The first-order valence-electron chi connectivity index (χ1n) is 7.17. The SMILES string of the molecule is CC(C)OC(=O)CNC(C)(C)c1nc2ccccc2n1C. The second kappa shape index (κ2) is 5.85. The van der Waals surface area contributed by atoms with Gasteiger partial charge in [-0.15, -0.1) is 0 Å². The maximum absolute atomic E-state index is 11.7. The number of ether oxygens (including phenoxy) is 1. The number of carbonyl (C=O) groups is 1. The summed E-state index contributed by atoms with van der Waals surface area (Å²) in [5.74, 6) is 0.637. The van der Waals surface area contributed by atoms with Crippen LogP contribution in [0, 0.1) is 0 Å². The molecule has 0 saturated heterocycles. The fraction of sp³-hybridized carbons (Fsp3) is 0.500. The minimum Gasteiger partial charge on any atom is -0.462 e. The molecule has 0 bridgehead atoms. The summed E-state index contributed by atoms with van der Waals surface area (Å²) in [5.41, 5.74) is 1.60. The summed E-state index contributed by atoms with van der Waals surface area (Å²) in [7, 11) is 1.99. The number of nitrogens with zero attached hydrogens (tertiary/aromatic N) is 2. The summed E-state index contributed by atoms with van der Waals surface area (Å²) in [4.78, 5) is 16.3. The minimum atomic E-state index is -0.427. The van der Waals surface area contributed by atoms with E-state index in [1.807, 2.05) is 59.0 Å². The average molecular weight is 289 g/mol. The Morgan fingerprint density at radius 2 is 2.05 bits per heavy atom. The maximum Gasteiger partial charge on any atom is 0.320 e. The van der Waals surface area contributed by atoms with E-state index in [2.05, 4.69) is 14.9 Å². The fourth-order valence-corrected chi connectivity index (χ4v) is 2.38. The molecular formula is C16H23N3O2. The Morgan fingerprint density at radius 3 is 2.67 bits per heavy atom. The molecule has 0 atom stereocenters. The number of carbonyl (C=O) groups excluding carboxylic acids is 1. The number of hydrogen-bond acceptors (Lipinski definition) is 4. The van der Waals surface area contributed by atoms with Gasteiger partial charge >= 0.3 is 5.97 Å². The maximum atomic E-state index is 11.7. The minimum absolute atomic E-state index is 0.0989. The van der Waals surface area contributed by atoms with Gasteiger partial charge in [-0.3, -0.25) is 10.1 Å². The molecule has 0 amide bonds. The van der Waals surface area contributed by atoms with Gasteiger partial charge in [0.05, 0.1) is 29.2 Å². The number of fused-ring (bicyclic) bond motifs is 1. The highest BCUT2D eigenvalue weighted by Crippen LogP contribution is 2.23. The highest BCUT2D eigenvalue weighted by Gasteiger charge is 2.27. The third kappa shape index (κ3) is 3.42. The number of nitrogens with one attached hydrogen (secondary N) is 1. The van der Waals surface area contributed by atoms with Gasteiger partial charge in [0.1, 0.15) is 5.82 Å². The number of aryl methyl sites for hydroxylation is 1. The summed E-state index contributed by atoms with van der Waals surface area (Å²) in [6, 6.07) is 7.99. The molecule has 2 aromatic rings. The molecule has 0 aliphatic heterocycles. The zero-order chi connectivity index (χ0) is 15.6. The Balaban J connectivity index is 2.17. The van der Waals surface area contributed by atoms with Crippen LogP contribution in [0.2, 0.25) is 0 Å². The van der Waals surface area contributed by atoms with Gasteiger partial charge < -0.3 is 9.30 Å². The summed E-state index contributed by atoms with van der Waals surface area (Å²) >= 11 is 0. The van der Waals surface area contributed by atoms with Crippen LogP contribution in [0.5, 0.6) is 0 Å². The molecule has 0 fully saturated rings. The van der Waals surface area contributed by atoms with Gasteiger partial charge in [0.2, 0.25) is 0 Å². The molecule has 0 radical (unpaired) electrons. The van der Waals surface area contributed by atoms with Gasteiger partial charge in [-0.25, -0.2) is 4.98 Å². The first kappa shape index (κ1) is 15.5. The number of esters is 1. The standard InChI is InChI=1S/C16H23N3O2/c1-11(2)21-14(20)10-17-16(3,4)15-18-12-8-6-7-9-13(12)19(15)5/h6-9,11,17H,10H2,1-5H3. The van der Waals surface area contributed by atoms with E-state index in [1.165, 1.54) is 0 Å². The lowest BCUT2D eigenvalue weighted by Gasteiger charge is -2.25. The van der Waals surface area contributed by atoms with Gasteiger partial charge in [-0.05, 0) is 39.8 Å². The van der Waals surface area contributed by atoms with Crippen LogP contribution < -0.4 is 5.32 Å². The summed E-state index contributed by atoms with van der Waals surface area (Å²) in [6.07, 6.45) is -0.0989. The predicted molar refractivity (Wildman–Crippen MR) is 83.0 cm³/mol. The molecule has 5 heteroatoms. The van der Waals surface area contributed by atoms with Crippen molar-refractivity contribution in [3.8, 4) is 0 Å². The van der Waals surface area contributed by atoms with Crippen LogP contribution in [-0.4, -0.2) is 28.2 Å². The molecule has 21 heavy (non-hydrogen) atoms. The van der Waals surface area contributed by atoms with Crippen molar-refractivity contribution in [2.75, 3.05) is 6.54 Å². The lowest BCUT2D eigenvalue weighted by molar-refractivity contribution is -0.146. The molecule has 2 rings (SSSR count). The van der Waals surface area contributed by atoms with Gasteiger partial charge in [0, 0.05) is 7.05 Å². The topological polar surface area (TPSA) is 56.1 Å². The van der Waals surface area contributed by atoms with Crippen LogP contribution in [0.15, 0.2) is 24.3 Å². The van der Waals surface area contributed by atoms with E-state index >= 15 is 0 Å². The highest BCUT2D eigenvalue weighted by molar-refractivity contribution is 5.76. The second-order valence-corrected chi connectivity index (χ2v) is 6.00. The monoisotopic (exact) mass is 289 g/mol. The highest BCUT2D eigenvalue weighted by atomic mass is 16.5. The Labute approximate surface area is 125 Å². The van der Waals surface area contributed by atoms with E-state index in [-0.39, 0.29) is 18.6 Å². The molecule has 5 nitrogen and oxygen atoms in total. The molecule has 0 aliphatic rings. The Morgan fingerprint density at radius 1 is 1.38 bits per heavy atom. The molecule has 0 saturated carbocycles. The molecular weight excluding hydrogens is 266 g/mol. The third-order valence-electron chi connectivity index (χ3n) is 3.39. The zero-order valence-corrected chi connectivity index (χ0v) is 13.3. The zero-order valence-electron chi connectivity index (χ0n) is 13.3. The molecule has 114 valence electrons. The van der Waals surface area contributed by atoms with Gasteiger partial charge in [0.15, 0.2) is 0 Å². The van der Waals surface area contributed by atoms with Crippen LogP contribution in [0.4, 0.5) is 0 Å². The van der Waals surface area contributed by atoms with Crippen molar-refractivity contribution in [2.45, 2.75) is 39.3 Å². The third-order valence-corrected chi connectivity index (χ3v) is 3.39. The number of hydrogen-bond donors (Lipinski definition) is 1. The summed E-state index contributed by atoms with van der Waals surface area (Å²) in [6.45, 7) is 7.87. The Bertz CT molecular complexity index is 644. The van der Waals surface area contributed by atoms with E-state index in [0.29, 0.717) is 0 Å². The number of para-hydroxylation sites is 2. The molecule has 1 N–H and O–H groups in total. The van der Waals surface area contributed by atoms with Crippen molar-refractivity contribution >= 4 is 17.0 Å². The molecule has 1 aromatic heterocycles.